The van der Waals surface area contributed by atoms with Crippen LogP contribution >= 0.6 is 11.6 Å². The molecule has 2 aromatic carbocycles. The number of alkyl halides is 3. The third-order valence-electron chi connectivity index (χ3n) is 6.01. The van der Waals surface area contributed by atoms with Crippen LogP contribution in [0.25, 0.3) is 11.1 Å². The predicted octanol–water partition coefficient (Wildman–Crippen LogP) is 6.42. The first-order valence-corrected chi connectivity index (χ1v) is 11.6. The molecule has 0 saturated carbocycles. The summed E-state index contributed by atoms with van der Waals surface area (Å²) < 4.78 is 67.6. The third kappa shape index (κ3) is 5.65. The van der Waals surface area contributed by atoms with E-state index >= 15 is 0 Å². The predicted molar refractivity (Wildman–Crippen MR) is 129 cm³/mol. The van der Waals surface area contributed by atoms with Gasteiger partial charge >= 0.3 is 12.3 Å². The molecule has 1 aromatic heterocycles. The minimum absolute atomic E-state index is 0.00963. The third-order valence-corrected chi connectivity index (χ3v) is 6.34. The molecule has 2 atom stereocenters. The van der Waals surface area contributed by atoms with Gasteiger partial charge in [0.25, 0.3) is 5.56 Å². The van der Waals surface area contributed by atoms with Crippen LogP contribution in [0, 0.1) is 5.82 Å². The smallest absolute Gasteiger partial charge is 0.434 e. The highest BCUT2D eigenvalue weighted by Gasteiger charge is 2.59. The van der Waals surface area contributed by atoms with E-state index in [1.165, 1.54) is 37.3 Å². The lowest BCUT2D eigenvalue weighted by Crippen LogP contribution is -2.47. The molecule has 1 N–H and O–H groups in total. The number of benzene rings is 2. The monoisotopic (exact) mass is 541 g/mol. The van der Waals surface area contributed by atoms with Crippen molar-refractivity contribution < 1.29 is 36.9 Å². The number of aromatic nitrogens is 1. The van der Waals surface area contributed by atoms with Crippen LogP contribution in [0.4, 0.5) is 22.4 Å². The van der Waals surface area contributed by atoms with Crippen molar-refractivity contribution in [3.05, 3.63) is 87.0 Å². The zero-order chi connectivity index (χ0) is 27.5. The van der Waals surface area contributed by atoms with Crippen molar-refractivity contribution in [1.29, 1.82) is 0 Å². The Balaban J connectivity index is 2.03. The number of rotatable bonds is 7. The second-order valence-electron chi connectivity index (χ2n) is 8.19. The molecule has 0 aliphatic rings. The fourth-order valence-electron chi connectivity index (χ4n) is 3.94. The van der Waals surface area contributed by atoms with E-state index in [-0.39, 0.29) is 23.7 Å². The molecule has 0 radical (unpaired) electrons. The molecule has 0 aliphatic carbocycles. The van der Waals surface area contributed by atoms with Crippen molar-refractivity contribution in [2.45, 2.75) is 45.0 Å². The molecule has 1 heterocycles. The minimum Gasteiger partial charge on any atom is -0.434 e. The summed E-state index contributed by atoms with van der Waals surface area (Å²) in [7, 11) is 0. The van der Waals surface area contributed by atoms with Gasteiger partial charge in [-0.05, 0) is 54.8 Å². The van der Waals surface area contributed by atoms with E-state index in [0.29, 0.717) is 11.1 Å². The van der Waals surface area contributed by atoms with Gasteiger partial charge in [0.05, 0.1) is 6.61 Å². The topological polar surface area (TPSA) is 77.8 Å². The van der Waals surface area contributed by atoms with Crippen LogP contribution in [0.5, 0.6) is 5.75 Å². The van der Waals surface area contributed by atoms with E-state index in [9.17, 15) is 32.3 Å². The van der Waals surface area contributed by atoms with Crippen molar-refractivity contribution in [3.63, 3.8) is 0 Å². The molecule has 0 saturated heterocycles. The maximum Gasteiger partial charge on any atom is 0.513 e. The van der Waals surface area contributed by atoms with Crippen LogP contribution in [0.15, 0.2) is 59.5 Å². The molecule has 6 nitrogen and oxygen atoms in total. The fourth-order valence-corrected chi connectivity index (χ4v) is 4.29. The van der Waals surface area contributed by atoms with Crippen LogP contribution in [-0.4, -0.2) is 28.6 Å². The molecule has 2 unspecified atom stereocenters. The molecule has 0 aliphatic heterocycles. The van der Waals surface area contributed by atoms with Crippen LogP contribution in [-0.2, 0) is 16.9 Å². The lowest BCUT2D eigenvalue weighted by molar-refractivity contribution is -0.274. The van der Waals surface area contributed by atoms with Crippen molar-refractivity contribution in [2.24, 2.45) is 0 Å². The number of halogens is 5. The summed E-state index contributed by atoms with van der Waals surface area (Å²) in [5, 5.41) is 11.0. The summed E-state index contributed by atoms with van der Waals surface area (Å²) in [5.41, 5.74) is -3.62. The van der Waals surface area contributed by atoms with E-state index in [2.05, 4.69) is 4.74 Å². The second-order valence-corrected chi connectivity index (χ2v) is 8.60. The largest absolute Gasteiger partial charge is 0.513 e. The van der Waals surface area contributed by atoms with Gasteiger partial charge in [0, 0.05) is 35.3 Å². The van der Waals surface area contributed by atoms with Gasteiger partial charge in [0.2, 0.25) is 0 Å². The summed E-state index contributed by atoms with van der Waals surface area (Å²) in [4.78, 5) is 23.5. The van der Waals surface area contributed by atoms with Crippen LogP contribution in [0.1, 0.15) is 37.8 Å². The van der Waals surface area contributed by atoms with Gasteiger partial charge in [-0.25, -0.2) is 9.18 Å². The molecule has 0 amide bonds. The van der Waals surface area contributed by atoms with E-state index in [1.807, 2.05) is 0 Å². The maximum absolute atomic E-state index is 14.3. The van der Waals surface area contributed by atoms with Gasteiger partial charge in [0.1, 0.15) is 0 Å². The average molecular weight is 542 g/mol. The molecule has 0 fully saturated rings. The molecular weight excluding hydrogens is 518 g/mol. The molecule has 3 rings (SSSR count). The number of pyridine rings is 1. The number of carbonyl (C=O) groups is 1. The summed E-state index contributed by atoms with van der Waals surface area (Å²) >= 11 is 6.39. The van der Waals surface area contributed by atoms with Gasteiger partial charge < -0.3 is 19.1 Å². The van der Waals surface area contributed by atoms with E-state index in [4.69, 9.17) is 16.3 Å². The van der Waals surface area contributed by atoms with E-state index in [1.54, 1.807) is 13.8 Å². The summed E-state index contributed by atoms with van der Waals surface area (Å²) in [6.07, 6.45) is -5.22. The Hall–Kier alpha value is -3.37. The number of aliphatic hydroxyl groups is 1. The SMILES string of the molecule is CCOC(=O)Oc1cc(-c2ccc(C(C)C(O)(c3ccc(=O)n(CC)c3)C(F)(F)F)c(Cl)c2)ccc1F. The number of carbonyl (C=O) groups excluding carboxylic acids is 1. The van der Waals surface area contributed by atoms with Gasteiger partial charge in [-0.15, -0.1) is 0 Å². The van der Waals surface area contributed by atoms with Gasteiger partial charge in [-0.2, -0.15) is 13.2 Å². The van der Waals surface area contributed by atoms with E-state index < -0.39 is 46.5 Å². The number of ether oxygens (including phenoxy) is 2. The fraction of sp³-hybridized carbons (Fsp3) is 0.308. The number of hydrogen-bond donors (Lipinski definition) is 1. The quantitative estimate of drug-likeness (QED) is 0.212. The highest BCUT2D eigenvalue weighted by Crippen LogP contribution is 2.50. The van der Waals surface area contributed by atoms with Crippen molar-refractivity contribution in [1.82, 2.24) is 4.57 Å². The van der Waals surface area contributed by atoms with Crippen molar-refractivity contribution in [2.75, 3.05) is 6.61 Å². The Kier molecular flexibility index (Phi) is 8.34. The lowest BCUT2D eigenvalue weighted by atomic mass is 9.78. The summed E-state index contributed by atoms with van der Waals surface area (Å²) in [6.45, 7) is 4.47. The summed E-state index contributed by atoms with van der Waals surface area (Å²) in [6, 6.07) is 9.70. The molecule has 37 heavy (non-hydrogen) atoms. The van der Waals surface area contributed by atoms with Crippen molar-refractivity contribution >= 4 is 17.8 Å². The highest BCUT2D eigenvalue weighted by molar-refractivity contribution is 6.31. The zero-order valence-corrected chi connectivity index (χ0v) is 20.9. The highest BCUT2D eigenvalue weighted by atomic mass is 35.5. The minimum atomic E-state index is -5.11. The molecular formula is C26H24ClF4NO5. The molecule has 198 valence electrons. The first-order chi connectivity index (χ1) is 17.3. The van der Waals surface area contributed by atoms with Crippen LogP contribution in [0.3, 0.4) is 0 Å². The standard InChI is InChI=1S/C26H24ClF4NO5/c1-4-32-14-18(8-11-23(32)33)25(35,26(29,30)31)15(3)19-9-6-16(12-20(19)27)17-7-10-21(28)22(13-17)37-24(34)36-5-2/h6-15,35H,4-5H2,1-3H3. The Bertz CT molecular complexity index is 1360. The Labute approximate surface area is 215 Å². The Morgan fingerprint density at radius 1 is 1.08 bits per heavy atom. The average Bonchev–Trinajstić information content (AvgIpc) is 2.84. The summed E-state index contributed by atoms with van der Waals surface area (Å²) in [5.74, 6) is -2.80. The number of aryl methyl sites for hydroxylation is 1. The maximum atomic E-state index is 14.3. The van der Waals surface area contributed by atoms with E-state index in [0.717, 1.165) is 29.0 Å². The van der Waals surface area contributed by atoms with Gasteiger partial charge in [-0.3, -0.25) is 4.79 Å². The number of hydrogen-bond acceptors (Lipinski definition) is 5. The number of nitrogens with zero attached hydrogens (tertiary/aromatic N) is 1. The molecule has 0 bridgehead atoms. The molecule has 0 spiro atoms. The first kappa shape index (κ1) is 28.2. The zero-order valence-electron chi connectivity index (χ0n) is 20.1. The van der Waals surface area contributed by atoms with Gasteiger partial charge in [-0.1, -0.05) is 36.7 Å². The van der Waals surface area contributed by atoms with Gasteiger partial charge in [0.15, 0.2) is 17.2 Å². The Morgan fingerprint density at radius 2 is 1.73 bits per heavy atom. The first-order valence-electron chi connectivity index (χ1n) is 11.3. The molecule has 3 aromatic rings. The molecule has 11 heteroatoms. The second kappa shape index (κ2) is 10.9. The lowest BCUT2D eigenvalue weighted by Gasteiger charge is -2.37. The van der Waals surface area contributed by atoms with Crippen molar-refractivity contribution in [3.8, 4) is 16.9 Å². The normalized spacial score (nSPS) is 14.1. The Morgan fingerprint density at radius 3 is 2.32 bits per heavy atom. The van der Waals surface area contributed by atoms with Crippen LogP contribution in [0.2, 0.25) is 5.02 Å². The van der Waals surface area contributed by atoms with Crippen LogP contribution < -0.4 is 10.3 Å².